The van der Waals surface area contributed by atoms with Crippen LogP contribution in [0.3, 0.4) is 0 Å². The van der Waals surface area contributed by atoms with Crippen molar-refractivity contribution in [3.63, 3.8) is 0 Å². The number of benzene rings is 3. The summed E-state index contributed by atoms with van der Waals surface area (Å²) in [6.07, 6.45) is 0. The van der Waals surface area contributed by atoms with E-state index in [0.717, 1.165) is 34.3 Å². The van der Waals surface area contributed by atoms with Crippen LogP contribution in [0.2, 0.25) is 0 Å². The molecule has 4 rings (SSSR count). The second-order valence-electron chi connectivity index (χ2n) is 7.70. The Morgan fingerprint density at radius 3 is 2.33 bits per heavy atom. The Hall–Kier alpha value is -3.94. The van der Waals surface area contributed by atoms with Crippen LogP contribution in [0.15, 0.2) is 77.2 Å². The molecule has 0 spiro atoms. The molecule has 0 aliphatic carbocycles. The first kappa shape index (κ1) is 22.3. The molecule has 0 aliphatic heterocycles. The van der Waals surface area contributed by atoms with E-state index in [4.69, 9.17) is 20.2 Å². The molecule has 0 saturated carbocycles. The average molecular weight is 444 g/mol. The number of carboxylic acids is 1. The second kappa shape index (κ2) is 9.68. The van der Waals surface area contributed by atoms with Crippen LogP contribution in [0.1, 0.15) is 28.4 Å². The highest BCUT2D eigenvalue weighted by Crippen LogP contribution is 2.26. The summed E-state index contributed by atoms with van der Waals surface area (Å²) in [6.45, 7) is 3.72. The molecule has 4 aromatic rings. The minimum absolute atomic E-state index is 0.0208. The van der Waals surface area contributed by atoms with Crippen LogP contribution in [-0.2, 0) is 18.0 Å². The topological polar surface area (TPSA) is 107 Å². The summed E-state index contributed by atoms with van der Waals surface area (Å²) in [5.74, 6) is -0.987. The number of nitrogens with one attached hydrogen (secondary N) is 1. The largest absolute Gasteiger partial charge is 0.478 e. The van der Waals surface area contributed by atoms with Crippen LogP contribution in [0.5, 0.6) is 0 Å². The van der Waals surface area contributed by atoms with Crippen LogP contribution < -0.4 is 10.5 Å². The predicted octanol–water partition coefficient (Wildman–Crippen LogP) is 5.29. The zero-order valence-corrected chi connectivity index (χ0v) is 18.1. The number of carbonyl (C=O) groups is 1. The molecule has 7 nitrogen and oxygen atoms in total. The van der Waals surface area contributed by atoms with Crippen molar-refractivity contribution in [2.24, 2.45) is 0 Å². The Morgan fingerprint density at radius 1 is 1.00 bits per heavy atom. The van der Waals surface area contributed by atoms with E-state index in [1.54, 1.807) is 12.1 Å². The summed E-state index contributed by atoms with van der Waals surface area (Å²) in [5.41, 5.74) is 5.15. The van der Waals surface area contributed by atoms with Crippen molar-refractivity contribution in [1.82, 2.24) is 0 Å². The van der Waals surface area contributed by atoms with Gasteiger partial charge in [0.05, 0.1) is 5.56 Å². The van der Waals surface area contributed by atoms with Gasteiger partial charge in [-0.25, -0.2) is 9.68 Å². The molecule has 168 valence electrons. The average Bonchev–Trinajstić information content (AvgIpc) is 2.83. The summed E-state index contributed by atoms with van der Waals surface area (Å²) in [7, 11) is 0. The van der Waals surface area contributed by atoms with Crippen molar-refractivity contribution in [3.8, 4) is 11.1 Å². The molecule has 0 atom stereocenters. The fraction of sp³-hybridized carbons (Fsp3) is 0.154. The molecule has 1 heterocycles. The van der Waals surface area contributed by atoms with Crippen LogP contribution in [0.25, 0.3) is 22.1 Å². The maximum Gasteiger partial charge on any atom is 0.335 e. The molecule has 0 amide bonds. The van der Waals surface area contributed by atoms with E-state index in [1.807, 2.05) is 48.5 Å². The third-order valence-electron chi connectivity index (χ3n) is 5.57. The molecule has 0 unspecified atom stereocenters. The van der Waals surface area contributed by atoms with Crippen molar-refractivity contribution < 1.29 is 24.5 Å². The number of hydrogen-bond acceptors (Lipinski definition) is 6. The highest BCUT2D eigenvalue weighted by Gasteiger charge is 2.11. The normalized spacial score (nSPS) is 11.0. The minimum Gasteiger partial charge on any atom is -0.478 e. The van der Waals surface area contributed by atoms with Crippen LogP contribution in [0, 0.1) is 5.41 Å². The molecule has 33 heavy (non-hydrogen) atoms. The molecular formula is C26H24N2O5. The van der Waals surface area contributed by atoms with Gasteiger partial charge in [-0.15, -0.1) is 0 Å². The summed E-state index contributed by atoms with van der Waals surface area (Å²) >= 11 is 0. The maximum absolute atomic E-state index is 11.1. The molecule has 0 aliphatic rings. The van der Waals surface area contributed by atoms with E-state index >= 15 is 0 Å². The third-order valence-corrected chi connectivity index (χ3v) is 5.57. The zero-order valence-electron chi connectivity index (χ0n) is 18.1. The van der Waals surface area contributed by atoms with Gasteiger partial charge in [0.15, 0.2) is 0 Å². The molecule has 0 bridgehead atoms. The lowest BCUT2D eigenvalue weighted by molar-refractivity contribution is -0.253. The minimum atomic E-state index is -0.987. The Bertz CT molecular complexity index is 1330. The van der Waals surface area contributed by atoms with Gasteiger partial charge in [-0.1, -0.05) is 36.4 Å². The van der Waals surface area contributed by atoms with Crippen LogP contribution in [0.4, 0.5) is 5.69 Å². The molecule has 0 saturated heterocycles. The van der Waals surface area contributed by atoms with Crippen molar-refractivity contribution in [1.29, 1.82) is 5.41 Å². The maximum atomic E-state index is 11.1. The lowest BCUT2D eigenvalue weighted by atomic mass is 10.0. The Morgan fingerprint density at radius 2 is 1.70 bits per heavy atom. The van der Waals surface area contributed by atoms with E-state index in [-0.39, 0.29) is 17.7 Å². The number of anilines is 1. The van der Waals surface area contributed by atoms with E-state index in [2.05, 4.69) is 16.7 Å². The van der Waals surface area contributed by atoms with E-state index < -0.39 is 5.97 Å². The molecule has 0 radical (unpaired) electrons. The number of aromatic carboxylic acids is 1. The van der Waals surface area contributed by atoms with Gasteiger partial charge in [-0.3, -0.25) is 10.7 Å². The smallest absolute Gasteiger partial charge is 0.335 e. The standard InChI is InChI=1S/C26H24N2O5/c1-2-28(15-17-3-5-18(6-4-17)16-32-31)22-12-11-21-13-23(25(27)33-24(21)14-22)19-7-9-20(10-8-19)26(29)30/h3-14,27,31H,2,15-16H2,1H3,(H,29,30). The quantitative estimate of drug-likeness (QED) is 0.252. The van der Waals surface area contributed by atoms with Gasteiger partial charge in [0.1, 0.15) is 12.2 Å². The highest BCUT2D eigenvalue weighted by atomic mass is 17.1. The van der Waals surface area contributed by atoms with Crippen LogP contribution in [-0.4, -0.2) is 22.9 Å². The second-order valence-corrected chi connectivity index (χ2v) is 7.70. The Balaban J connectivity index is 1.61. The van der Waals surface area contributed by atoms with E-state index in [0.29, 0.717) is 17.7 Å². The summed E-state index contributed by atoms with van der Waals surface area (Å²) in [4.78, 5) is 17.5. The summed E-state index contributed by atoms with van der Waals surface area (Å²) < 4.78 is 5.84. The number of nitrogens with zero attached hydrogens (tertiary/aromatic N) is 1. The molecule has 1 aromatic heterocycles. The van der Waals surface area contributed by atoms with Gasteiger partial charge in [0.2, 0.25) is 5.55 Å². The monoisotopic (exact) mass is 444 g/mol. The SMILES string of the molecule is CCN(Cc1ccc(COO)cc1)c1ccc2cc(-c3ccc(C(=O)O)cc3)c(=N)oc2c1. The van der Waals surface area contributed by atoms with Crippen molar-refractivity contribution in [3.05, 3.63) is 95.0 Å². The first-order chi connectivity index (χ1) is 16.0. The number of rotatable bonds is 8. The predicted molar refractivity (Wildman–Crippen MR) is 125 cm³/mol. The highest BCUT2D eigenvalue weighted by molar-refractivity contribution is 5.89. The fourth-order valence-corrected chi connectivity index (χ4v) is 3.74. The van der Waals surface area contributed by atoms with Crippen molar-refractivity contribution in [2.45, 2.75) is 20.1 Å². The lowest BCUT2D eigenvalue weighted by Gasteiger charge is -2.23. The van der Waals surface area contributed by atoms with Gasteiger partial charge in [-0.2, -0.15) is 0 Å². The molecular weight excluding hydrogens is 420 g/mol. The zero-order chi connectivity index (χ0) is 23.4. The number of hydrogen-bond donors (Lipinski definition) is 3. The Labute approximate surface area is 190 Å². The fourth-order valence-electron chi connectivity index (χ4n) is 3.74. The molecule has 7 heteroatoms. The van der Waals surface area contributed by atoms with Gasteiger partial charge in [0, 0.05) is 35.8 Å². The van der Waals surface area contributed by atoms with E-state index in [9.17, 15) is 4.79 Å². The van der Waals surface area contributed by atoms with Gasteiger partial charge in [-0.05, 0) is 53.9 Å². The summed E-state index contributed by atoms with van der Waals surface area (Å²) in [5, 5.41) is 26.9. The first-order valence-corrected chi connectivity index (χ1v) is 10.5. The number of fused-ring (bicyclic) bond motifs is 1. The van der Waals surface area contributed by atoms with Gasteiger partial charge in [0.25, 0.3) is 0 Å². The third kappa shape index (κ3) is 4.95. The first-order valence-electron chi connectivity index (χ1n) is 10.5. The molecule has 3 aromatic carbocycles. The number of carboxylic acid groups (broad SMARTS) is 1. The van der Waals surface area contributed by atoms with Gasteiger partial charge >= 0.3 is 5.97 Å². The molecule has 0 fully saturated rings. The van der Waals surface area contributed by atoms with Crippen molar-refractivity contribution >= 4 is 22.6 Å². The lowest BCUT2D eigenvalue weighted by Crippen LogP contribution is -2.22. The van der Waals surface area contributed by atoms with E-state index in [1.165, 1.54) is 12.1 Å². The summed E-state index contributed by atoms with van der Waals surface area (Å²) in [6, 6.07) is 22.1. The van der Waals surface area contributed by atoms with Crippen LogP contribution >= 0.6 is 0 Å². The molecule has 3 N–H and O–H groups in total. The van der Waals surface area contributed by atoms with Crippen molar-refractivity contribution in [2.75, 3.05) is 11.4 Å². The van der Waals surface area contributed by atoms with Gasteiger partial charge < -0.3 is 14.4 Å². The Kier molecular flexibility index (Phi) is 6.53.